The van der Waals surface area contributed by atoms with Crippen molar-refractivity contribution in [2.24, 2.45) is 0 Å². The summed E-state index contributed by atoms with van der Waals surface area (Å²) in [5, 5.41) is 1.23. The van der Waals surface area contributed by atoms with E-state index < -0.39 is 0 Å². The number of carbonyl (C=O) groups is 1. The average Bonchev–Trinajstić information content (AvgIpc) is 3.08. The van der Waals surface area contributed by atoms with Crippen LogP contribution in [0.3, 0.4) is 0 Å². The van der Waals surface area contributed by atoms with Crippen LogP contribution in [-0.2, 0) is 11.2 Å². The molecule has 1 unspecified atom stereocenters. The predicted octanol–water partition coefficient (Wildman–Crippen LogP) is 4.40. The minimum absolute atomic E-state index is 0.0620. The number of amides is 1. The van der Waals surface area contributed by atoms with Crippen LogP contribution in [0.1, 0.15) is 43.1 Å². The molecule has 0 spiro atoms. The Morgan fingerprint density at radius 2 is 2.22 bits per heavy atom. The number of aromatic amines is 1. The Morgan fingerprint density at radius 3 is 2.96 bits per heavy atom. The highest BCUT2D eigenvalue weighted by molar-refractivity contribution is 6.35. The Morgan fingerprint density at radius 1 is 1.35 bits per heavy atom. The van der Waals surface area contributed by atoms with Gasteiger partial charge in [0.05, 0.1) is 6.04 Å². The molecule has 0 saturated carbocycles. The first-order valence-corrected chi connectivity index (χ1v) is 8.63. The van der Waals surface area contributed by atoms with Gasteiger partial charge in [0.1, 0.15) is 5.82 Å². The molecule has 2 heterocycles. The lowest BCUT2D eigenvalue weighted by Crippen LogP contribution is -2.39. The van der Waals surface area contributed by atoms with E-state index in [1.54, 1.807) is 24.5 Å². The molecule has 1 aliphatic heterocycles. The van der Waals surface area contributed by atoms with E-state index in [1.807, 2.05) is 11.0 Å². The van der Waals surface area contributed by atoms with Crippen molar-refractivity contribution in [2.75, 3.05) is 6.54 Å². The normalized spacial score (nSPS) is 18.2. The van der Waals surface area contributed by atoms with Crippen molar-refractivity contribution in [3.8, 4) is 0 Å². The van der Waals surface area contributed by atoms with E-state index in [0.717, 1.165) is 37.2 Å². The molecular formula is C17H19Cl2N3O. The number of carbonyl (C=O) groups excluding carboxylic acids is 1. The number of nitrogens with one attached hydrogen (secondary N) is 1. The number of aryl methyl sites for hydroxylation is 1. The average molecular weight is 352 g/mol. The topological polar surface area (TPSA) is 49.0 Å². The van der Waals surface area contributed by atoms with Crippen LogP contribution in [0.15, 0.2) is 30.6 Å². The number of hydrogen-bond donors (Lipinski definition) is 1. The molecule has 1 N–H and O–H groups in total. The zero-order valence-corrected chi connectivity index (χ0v) is 14.3. The third kappa shape index (κ3) is 3.88. The minimum atomic E-state index is 0.0620. The number of likely N-dealkylation sites (tertiary alicyclic amines) is 1. The lowest BCUT2D eigenvalue weighted by Gasteiger charge is -2.34. The van der Waals surface area contributed by atoms with Gasteiger partial charge in [0.25, 0.3) is 0 Å². The summed E-state index contributed by atoms with van der Waals surface area (Å²) in [7, 11) is 0. The van der Waals surface area contributed by atoms with Crippen LogP contribution in [0.5, 0.6) is 0 Å². The van der Waals surface area contributed by atoms with Crippen LogP contribution in [0.25, 0.3) is 0 Å². The maximum atomic E-state index is 12.7. The molecule has 23 heavy (non-hydrogen) atoms. The van der Waals surface area contributed by atoms with Crippen molar-refractivity contribution < 1.29 is 4.79 Å². The fourth-order valence-electron chi connectivity index (χ4n) is 3.08. The molecule has 3 rings (SSSR count). The minimum Gasteiger partial charge on any atom is -0.347 e. The van der Waals surface area contributed by atoms with Gasteiger partial charge in [-0.1, -0.05) is 29.3 Å². The summed E-state index contributed by atoms with van der Waals surface area (Å²) >= 11 is 12.1. The molecule has 0 radical (unpaired) electrons. The fraction of sp³-hybridized carbons (Fsp3) is 0.412. The lowest BCUT2D eigenvalue weighted by atomic mass is 10.00. The summed E-state index contributed by atoms with van der Waals surface area (Å²) in [6.07, 6.45) is 7.73. The second-order valence-corrected chi connectivity index (χ2v) is 6.65. The van der Waals surface area contributed by atoms with Crippen LogP contribution in [0.4, 0.5) is 0 Å². The van der Waals surface area contributed by atoms with E-state index in [9.17, 15) is 4.79 Å². The summed E-state index contributed by atoms with van der Waals surface area (Å²) in [5.74, 6) is 1.03. The van der Waals surface area contributed by atoms with Crippen LogP contribution >= 0.6 is 23.2 Å². The Kier molecular flexibility index (Phi) is 5.23. The molecule has 1 atom stereocenters. The van der Waals surface area contributed by atoms with Gasteiger partial charge in [-0.25, -0.2) is 4.98 Å². The van der Waals surface area contributed by atoms with E-state index in [0.29, 0.717) is 22.9 Å². The number of benzene rings is 1. The first kappa shape index (κ1) is 16.3. The second kappa shape index (κ2) is 7.37. The van der Waals surface area contributed by atoms with Gasteiger partial charge in [-0.2, -0.15) is 0 Å². The number of piperidine rings is 1. The van der Waals surface area contributed by atoms with Gasteiger partial charge in [-0.15, -0.1) is 0 Å². The van der Waals surface area contributed by atoms with Crippen molar-refractivity contribution in [1.82, 2.24) is 14.9 Å². The van der Waals surface area contributed by atoms with E-state index in [-0.39, 0.29) is 11.9 Å². The zero-order valence-electron chi connectivity index (χ0n) is 12.8. The van der Waals surface area contributed by atoms with Gasteiger partial charge < -0.3 is 9.88 Å². The molecule has 1 aromatic carbocycles. The number of hydrogen-bond acceptors (Lipinski definition) is 2. The van der Waals surface area contributed by atoms with Gasteiger partial charge in [0.2, 0.25) is 5.91 Å². The van der Waals surface area contributed by atoms with Gasteiger partial charge in [-0.3, -0.25) is 4.79 Å². The molecule has 122 valence electrons. The molecular weight excluding hydrogens is 333 g/mol. The number of aromatic nitrogens is 2. The third-order valence-electron chi connectivity index (χ3n) is 4.28. The largest absolute Gasteiger partial charge is 0.347 e. The number of rotatable bonds is 4. The smallest absolute Gasteiger partial charge is 0.223 e. The molecule has 1 aliphatic rings. The molecule has 0 aliphatic carbocycles. The quantitative estimate of drug-likeness (QED) is 0.886. The summed E-state index contributed by atoms with van der Waals surface area (Å²) in [6.45, 7) is 0.790. The maximum absolute atomic E-state index is 12.7. The SMILES string of the molecule is O=C(CCc1ccc(Cl)cc1Cl)N1CCCCC1c1ncc[nH]1. The van der Waals surface area contributed by atoms with Crippen molar-refractivity contribution >= 4 is 29.1 Å². The van der Waals surface area contributed by atoms with Crippen LogP contribution in [0.2, 0.25) is 10.0 Å². The molecule has 1 fully saturated rings. The number of imidazole rings is 1. The van der Waals surface area contributed by atoms with Gasteiger partial charge in [-0.05, 0) is 43.4 Å². The maximum Gasteiger partial charge on any atom is 0.223 e. The first-order chi connectivity index (χ1) is 11.1. The van der Waals surface area contributed by atoms with E-state index >= 15 is 0 Å². The Balaban J connectivity index is 1.66. The highest BCUT2D eigenvalue weighted by Crippen LogP contribution is 2.30. The summed E-state index contributed by atoms with van der Waals surface area (Å²) < 4.78 is 0. The van der Waals surface area contributed by atoms with E-state index in [1.165, 1.54) is 0 Å². The van der Waals surface area contributed by atoms with Crippen molar-refractivity contribution in [3.05, 3.63) is 52.0 Å². The van der Waals surface area contributed by atoms with Crippen molar-refractivity contribution in [2.45, 2.75) is 38.1 Å². The molecule has 6 heteroatoms. The lowest BCUT2D eigenvalue weighted by molar-refractivity contribution is -0.135. The fourth-order valence-corrected chi connectivity index (χ4v) is 3.59. The van der Waals surface area contributed by atoms with E-state index in [2.05, 4.69) is 9.97 Å². The van der Waals surface area contributed by atoms with Crippen LogP contribution < -0.4 is 0 Å². The van der Waals surface area contributed by atoms with E-state index in [4.69, 9.17) is 23.2 Å². The number of H-pyrrole nitrogens is 1. The molecule has 1 amide bonds. The molecule has 1 saturated heterocycles. The van der Waals surface area contributed by atoms with Gasteiger partial charge >= 0.3 is 0 Å². The van der Waals surface area contributed by atoms with Crippen LogP contribution in [-0.4, -0.2) is 27.3 Å². The van der Waals surface area contributed by atoms with Crippen molar-refractivity contribution in [3.63, 3.8) is 0 Å². The second-order valence-electron chi connectivity index (χ2n) is 5.81. The molecule has 2 aromatic rings. The van der Waals surface area contributed by atoms with Crippen LogP contribution in [0, 0.1) is 0 Å². The Hall–Kier alpha value is -1.52. The highest BCUT2D eigenvalue weighted by Gasteiger charge is 2.29. The summed E-state index contributed by atoms with van der Waals surface area (Å²) in [4.78, 5) is 22.1. The Bertz CT molecular complexity index is 672. The highest BCUT2D eigenvalue weighted by atomic mass is 35.5. The zero-order chi connectivity index (χ0) is 16.2. The third-order valence-corrected chi connectivity index (χ3v) is 4.87. The van der Waals surface area contributed by atoms with Crippen molar-refractivity contribution in [1.29, 1.82) is 0 Å². The molecule has 4 nitrogen and oxygen atoms in total. The Labute approximate surface area is 145 Å². The standard InChI is InChI=1S/C17H19Cl2N3O/c18-13-6-4-12(14(19)11-13)5-7-16(23)22-10-2-1-3-15(22)17-20-8-9-21-17/h4,6,8-9,11,15H,1-3,5,7,10H2,(H,20,21). The van der Waals surface area contributed by atoms with Gasteiger partial charge in [0, 0.05) is 35.4 Å². The summed E-state index contributed by atoms with van der Waals surface area (Å²) in [5.41, 5.74) is 0.955. The molecule has 0 bridgehead atoms. The predicted molar refractivity (Wildman–Crippen MR) is 91.7 cm³/mol. The monoisotopic (exact) mass is 351 g/mol. The number of halogens is 2. The summed E-state index contributed by atoms with van der Waals surface area (Å²) in [6, 6.07) is 5.47. The number of nitrogens with zero attached hydrogens (tertiary/aromatic N) is 2. The first-order valence-electron chi connectivity index (χ1n) is 7.88. The van der Waals surface area contributed by atoms with Gasteiger partial charge in [0.15, 0.2) is 0 Å². The molecule has 1 aromatic heterocycles.